The van der Waals surface area contributed by atoms with Crippen LogP contribution in [-0.2, 0) is 0 Å². The SMILES string of the molecule is CCOc1cc([N+](=O)[O-])cc(C=NNC(=O)c2cccnc2Cl)c1O. The summed E-state index contributed by atoms with van der Waals surface area (Å²) in [5.41, 5.74) is 2.03. The average Bonchev–Trinajstić information content (AvgIpc) is 2.58. The number of nitrogens with one attached hydrogen (secondary N) is 1. The van der Waals surface area contributed by atoms with Gasteiger partial charge in [0.05, 0.1) is 29.4 Å². The highest BCUT2D eigenvalue weighted by atomic mass is 35.5. The largest absolute Gasteiger partial charge is 0.504 e. The Labute approximate surface area is 147 Å². The Hall–Kier alpha value is -3.20. The van der Waals surface area contributed by atoms with Crippen LogP contribution in [0.5, 0.6) is 11.5 Å². The van der Waals surface area contributed by atoms with E-state index in [0.717, 1.165) is 18.3 Å². The molecule has 1 heterocycles. The monoisotopic (exact) mass is 364 g/mol. The third-order valence-electron chi connectivity index (χ3n) is 2.97. The second kappa shape index (κ2) is 8.06. The number of carbonyl (C=O) groups excluding carboxylic acids is 1. The van der Waals surface area contributed by atoms with Crippen molar-refractivity contribution in [3.8, 4) is 11.5 Å². The lowest BCUT2D eigenvalue weighted by Crippen LogP contribution is -2.18. The van der Waals surface area contributed by atoms with E-state index in [2.05, 4.69) is 15.5 Å². The van der Waals surface area contributed by atoms with Gasteiger partial charge in [-0.15, -0.1) is 0 Å². The van der Waals surface area contributed by atoms with Crippen LogP contribution in [-0.4, -0.2) is 33.7 Å². The fraction of sp³-hybridized carbons (Fsp3) is 0.133. The van der Waals surface area contributed by atoms with Crippen LogP contribution in [0.25, 0.3) is 0 Å². The zero-order valence-corrected chi connectivity index (χ0v) is 13.7. The van der Waals surface area contributed by atoms with Crippen molar-refractivity contribution in [3.05, 3.63) is 56.9 Å². The van der Waals surface area contributed by atoms with Crippen molar-refractivity contribution < 1.29 is 19.6 Å². The van der Waals surface area contributed by atoms with Gasteiger partial charge in [0.1, 0.15) is 5.15 Å². The number of benzene rings is 1. The van der Waals surface area contributed by atoms with Crippen LogP contribution in [0.2, 0.25) is 5.15 Å². The van der Waals surface area contributed by atoms with Gasteiger partial charge < -0.3 is 9.84 Å². The number of non-ortho nitro benzene ring substituents is 1. The standard InChI is InChI=1S/C15H13ClN4O5/c1-2-25-12-7-10(20(23)24)6-9(13(12)21)8-18-19-15(22)11-4-3-5-17-14(11)16/h3-8,21H,2H2,1H3,(H,19,22). The van der Waals surface area contributed by atoms with Crippen molar-refractivity contribution in [3.63, 3.8) is 0 Å². The second-order valence-corrected chi connectivity index (χ2v) is 4.97. The first-order valence-corrected chi connectivity index (χ1v) is 7.40. The van der Waals surface area contributed by atoms with E-state index in [1.807, 2.05) is 0 Å². The summed E-state index contributed by atoms with van der Waals surface area (Å²) < 4.78 is 5.15. The van der Waals surface area contributed by atoms with Crippen LogP contribution < -0.4 is 10.2 Å². The molecule has 2 rings (SSSR count). The zero-order chi connectivity index (χ0) is 18.4. The van der Waals surface area contributed by atoms with E-state index in [1.165, 1.54) is 18.3 Å². The van der Waals surface area contributed by atoms with Crippen LogP contribution in [0.15, 0.2) is 35.6 Å². The van der Waals surface area contributed by atoms with Crippen LogP contribution in [0.1, 0.15) is 22.8 Å². The normalized spacial score (nSPS) is 10.6. The van der Waals surface area contributed by atoms with E-state index >= 15 is 0 Å². The van der Waals surface area contributed by atoms with Crippen LogP contribution in [0.4, 0.5) is 5.69 Å². The number of nitrogens with zero attached hydrogens (tertiary/aromatic N) is 3. The molecule has 0 aliphatic rings. The molecule has 0 radical (unpaired) electrons. The van der Waals surface area contributed by atoms with Crippen molar-refractivity contribution in [2.45, 2.75) is 6.92 Å². The number of carbonyl (C=O) groups is 1. The first-order valence-electron chi connectivity index (χ1n) is 7.02. The molecule has 0 atom stereocenters. The summed E-state index contributed by atoms with van der Waals surface area (Å²) >= 11 is 5.80. The van der Waals surface area contributed by atoms with Crippen molar-refractivity contribution in [2.24, 2.45) is 5.10 Å². The highest BCUT2D eigenvalue weighted by molar-refractivity contribution is 6.32. The summed E-state index contributed by atoms with van der Waals surface area (Å²) in [6, 6.07) is 5.19. The Kier molecular flexibility index (Phi) is 5.85. The molecule has 0 aliphatic carbocycles. The minimum atomic E-state index is -0.632. The highest BCUT2D eigenvalue weighted by Gasteiger charge is 2.16. The van der Waals surface area contributed by atoms with Crippen molar-refractivity contribution in [2.75, 3.05) is 6.61 Å². The Balaban J connectivity index is 2.24. The van der Waals surface area contributed by atoms with Gasteiger partial charge in [0.25, 0.3) is 11.6 Å². The van der Waals surface area contributed by atoms with Gasteiger partial charge in [0.15, 0.2) is 11.5 Å². The summed E-state index contributed by atoms with van der Waals surface area (Å²) in [7, 11) is 0. The Morgan fingerprint density at radius 3 is 2.96 bits per heavy atom. The number of amides is 1. The molecule has 0 spiro atoms. The number of nitro groups is 1. The van der Waals surface area contributed by atoms with E-state index in [-0.39, 0.29) is 40.1 Å². The van der Waals surface area contributed by atoms with Crippen molar-refractivity contribution >= 4 is 29.4 Å². The summed E-state index contributed by atoms with van der Waals surface area (Å²) in [5, 5.41) is 24.7. The zero-order valence-electron chi connectivity index (χ0n) is 13.0. The van der Waals surface area contributed by atoms with E-state index in [4.69, 9.17) is 16.3 Å². The van der Waals surface area contributed by atoms with Crippen LogP contribution in [0.3, 0.4) is 0 Å². The molecule has 0 unspecified atom stereocenters. The summed E-state index contributed by atoms with van der Waals surface area (Å²) in [5.74, 6) is -1.01. The number of phenols is 1. The molecule has 1 aromatic heterocycles. The van der Waals surface area contributed by atoms with E-state index < -0.39 is 10.8 Å². The number of nitro benzene ring substituents is 1. The number of aromatic hydroxyl groups is 1. The molecule has 130 valence electrons. The number of hydrogen-bond donors (Lipinski definition) is 2. The quantitative estimate of drug-likeness (QED) is 0.351. The molecule has 0 saturated carbocycles. The molecule has 2 N–H and O–H groups in total. The minimum Gasteiger partial charge on any atom is -0.504 e. The van der Waals surface area contributed by atoms with Gasteiger partial charge in [-0.25, -0.2) is 10.4 Å². The van der Waals surface area contributed by atoms with Gasteiger partial charge in [-0.3, -0.25) is 14.9 Å². The predicted octanol–water partition coefficient (Wildman–Crippen LogP) is 2.51. The third kappa shape index (κ3) is 4.42. The molecule has 0 bridgehead atoms. The molecule has 0 saturated heterocycles. The number of pyridine rings is 1. The number of ether oxygens (including phenoxy) is 1. The fourth-order valence-corrected chi connectivity index (χ4v) is 2.06. The van der Waals surface area contributed by atoms with Crippen molar-refractivity contribution in [1.29, 1.82) is 0 Å². The molecule has 0 fully saturated rings. The maximum atomic E-state index is 11.9. The maximum absolute atomic E-state index is 11.9. The molecule has 25 heavy (non-hydrogen) atoms. The number of hydrogen-bond acceptors (Lipinski definition) is 7. The molecular weight excluding hydrogens is 352 g/mol. The van der Waals surface area contributed by atoms with Crippen LogP contribution >= 0.6 is 11.6 Å². The third-order valence-corrected chi connectivity index (χ3v) is 3.27. The summed E-state index contributed by atoms with van der Waals surface area (Å²) in [6.07, 6.45) is 2.49. The van der Waals surface area contributed by atoms with Crippen LogP contribution in [0, 0.1) is 10.1 Å². The second-order valence-electron chi connectivity index (χ2n) is 4.61. The smallest absolute Gasteiger partial charge is 0.274 e. The Bertz CT molecular complexity index is 841. The highest BCUT2D eigenvalue weighted by Crippen LogP contribution is 2.33. The number of phenolic OH excluding ortho intramolecular Hbond substituents is 1. The van der Waals surface area contributed by atoms with Gasteiger partial charge in [-0.1, -0.05) is 11.6 Å². The molecule has 9 nitrogen and oxygen atoms in total. The summed E-state index contributed by atoms with van der Waals surface area (Å²) in [6.45, 7) is 1.88. The molecule has 1 amide bonds. The lowest BCUT2D eigenvalue weighted by molar-refractivity contribution is -0.385. The summed E-state index contributed by atoms with van der Waals surface area (Å²) in [4.78, 5) is 26.0. The Morgan fingerprint density at radius 2 is 2.32 bits per heavy atom. The predicted molar refractivity (Wildman–Crippen MR) is 90.2 cm³/mol. The lowest BCUT2D eigenvalue weighted by Gasteiger charge is -2.08. The molecule has 0 aliphatic heterocycles. The first kappa shape index (κ1) is 18.1. The van der Waals surface area contributed by atoms with Crippen molar-refractivity contribution in [1.82, 2.24) is 10.4 Å². The van der Waals surface area contributed by atoms with E-state index in [0.29, 0.717) is 0 Å². The molecule has 10 heteroatoms. The van der Waals surface area contributed by atoms with E-state index in [1.54, 1.807) is 6.92 Å². The minimum absolute atomic E-state index is 0.00651. The van der Waals surface area contributed by atoms with Gasteiger partial charge in [0, 0.05) is 17.8 Å². The van der Waals surface area contributed by atoms with E-state index in [9.17, 15) is 20.0 Å². The number of halogens is 1. The fourth-order valence-electron chi connectivity index (χ4n) is 1.86. The molecule has 1 aromatic carbocycles. The van der Waals surface area contributed by atoms with Gasteiger partial charge >= 0.3 is 0 Å². The topological polar surface area (TPSA) is 127 Å². The number of aromatic nitrogens is 1. The average molecular weight is 365 g/mol. The number of rotatable bonds is 6. The first-order chi connectivity index (χ1) is 11.9. The van der Waals surface area contributed by atoms with Gasteiger partial charge in [-0.05, 0) is 19.1 Å². The Morgan fingerprint density at radius 1 is 1.56 bits per heavy atom. The number of hydrazone groups is 1. The van der Waals surface area contributed by atoms with Gasteiger partial charge in [0.2, 0.25) is 0 Å². The maximum Gasteiger partial charge on any atom is 0.274 e. The molecule has 2 aromatic rings. The van der Waals surface area contributed by atoms with Gasteiger partial charge in [-0.2, -0.15) is 5.10 Å². The lowest BCUT2D eigenvalue weighted by atomic mass is 10.1. The molecular formula is C15H13ClN4O5.